The first kappa shape index (κ1) is 20.2. The third-order valence-corrected chi connectivity index (χ3v) is 5.33. The van der Waals surface area contributed by atoms with E-state index in [9.17, 15) is 4.79 Å². The Hall–Kier alpha value is -0.863. The van der Waals surface area contributed by atoms with Gasteiger partial charge in [-0.3, -0.25) is 4.79 Å². The van der Waals surface area contributed by atoms with Gasteiger partial charge in [0.15, 0.2) is 5.52 Å². The number of aryl methyl sites for hydroxylation is 3. The second-order valence-corrected chi connectivity index (χ2v) is 8.25. The van der Waals surface area contributed by atoms with Crippen molar-refractivity contribution in [1.82, 2.24) is 0 Å². The Labute approximate surface area is 154 Å². The van der Waals surface area contributed by atoms with Crippen molar-refractivity contribution in [3.05, 3.63) is 64.2 Å². The molecule has 1 atom stereocenters. The van der Waals surface area contributed by atoms with Crippen LogP contribution < -0.4 is 5.30 Å². The summed E-state index contributed by atoms with van der Waals surface area (Å²) in [5.41, 5.74) is 5.91. The molecule has 2 aromatic rings. The maximum absolute atomic E-state index is 12.8. The molecule has 0 heterocycles. The average molecular weight is 319 g/mol. The minimum Gasteiger partial charge on any atom is -0.289 e. The van der Waals surface area contributed by atoms with Gasteiger partial charge in [0.25, 0.3) is 0 Å². The van der Waals surface area contributed by atoms with E-state index in [1.165, 1.54) is 11.1 Å². The minimum atomic E-state index is 0. The van der Waals surface area contributed by atoms with Gasteiger partial charge < -0.3 is 0 Å². The molecule has 0 saturated heterocycles. The first-order chi connectivity index (χ1) is 10.2. The predicted molar refractivity (Wildman–Crippen MR) is 104 cm³/mol. The fourth-order valence-corrected chi connectivity index (χ4v) is 3.88. The van der Waals surface area contributed by atoms with Crippen molar-refractivity contribution in [2.24, 2.45) is 0 Å². The van der Waals surface area contributed by atoms with Crippen molar-refractivity contribution in [2.75, 3.05) is 0 Å². The summed E-state index contributed by atoms with van der Waals surface area (Å²) in [5, 5.41) is 1.14. The number of carbonyl (C=O) groups excluding carboxylic acids is 1. The largest absolute Gasteiger partial charge is 0.289 e. The van der Waals surface area contributed by atoms with E-state index in [-0.39, 0.29) is 38.4 Å². The van der Waals surface area contributed by atoms with Crippen LogP contribution in [-0.2, 0) is 5.41 Å². The first-order valence-corrected chi connectivity index (χ1v) is 8.69. The number of rotatable bonds is 3. The molecule has 23 heavy (non-hydrogen) atoms. The smallest absolute Gasteiger partial charge is 0.186 e. The molecule has 2 aromatic carbocycles. The van der Waals surface area contributed by atoms with Gasteiger partial charge in [0.1, 0.15) is 0 Å². The van der Waals surface area contributed by atoms with Gasteiger partial charge in [-0.1, -0.05) is 57.2 Å². The zero-order valence-corrected chi connectivity index (χ0v) is 16.4. The molecule has 2 rings (SSSR count). The van der Waals surface area contributed by atoms with E-state index in [4.69, 9.17) is 0 Å². The van der Waals surface area contributed by atoms with Crippen molar-refractivity contribution in [2.45, 2.75) is 47.0 Å². The standard InChI is InChI=1S/C20H25OP.Li/c1-13-9-7-8-10-17(13)22-19(21)18-14(2)11-16(12-15(18)3)20(4,5)6;/h7-12,22H,1-6H3;. The van der Waals surface area contributed by atoms with E-state index in [1.54, 1.807) is 0 Å². The summed E-state index contributed by atoms with van der Waals surface area (Å²) in [4.78, 5) is 12.8. The molecule has 0 saturated carbocycles. The molecule has 0 aliphatic rings. The van der Waals surface area contributed by atoms with Crippen LogP contribution in [0.15, 0.2) is 36.4 Å². The molecule has 1 radical (unpaired) electrons. The number of hydrogen-bond donors (Lipinski definition) is 0. The molecule has 3 heteroatoms. The Morgan fingerprint density at radius 2 is 1.43 bits per heavy atom. The monoisotopic (exact) mass is 319 g/mol. The summed E-state index contributed by atoms with van der Waals surface area (Å²) in [5.74, 6) is 0. The molecule has 0 N–H and O–H groups in total. The second kappa shape index (κ2) is 7.81. The Kier molecular flexibility index (Phi) is 6.85. The van der Waals surface area contributed by atoms with Gasteiger partial charge in [-0.15, -0.1) is 0 Å². The van der Waals surface area contributed by atoms with Crippen LogP contribution in [0.5, 0.6) is 0 Å². The van der Waals surface area contributed by atoms with Crippen LogP contribution in [0.1, 0.15) is 53.4 Å². The summed E-state index contributed by atoms with van der Waals surface area (Å²) in [6.07, 6.45) is 0. The van der Waals surface area contributed by atoms with E-state index in [0.717, 1.165) is 22.0 Å². The van der Waals surface area contributed by atoms with Crippen LogP contribution in [0.4, 0.5) is 0 Å². The van der Waals surface area contributed by atoms with E-state index < -0.39 is 0 Å². The number of carbonyl (C=O) groups is 1. The minimum absolute atomic E-state index is 0. The van der Waals surface area contributed by atoms with E-state index in [2.05, 4.69) is 65.8 Å². The molecule has 1 unspecified atom stereocenters. The van der Waals surface area contributed by atoms with E-state index in [1.807, 2.05) is 12.1 Å². The SMILES string of the molecule is Cc1ccccc1PC(=O)c1c(C)cc(C(C)(C)C)cc1C.[Li]. The molecule has 0 spiro atoms. The fraction of sp³-hybridized carbons (Fsp3) is 0.350. The van der Waals surface area contributed by atoms with Crippen molar-refractivity contribution in [3.8, 4) is 0 Å². The van der Waals surface area contributed by atoms with Crippen molar-refractivity contribution in [3.63, 3.8) is 0 Å². The molecule has 0 aliphatic carbocycles. The summed E-state index contributed by atoms with van der Waals surface area (Å²) in [6, 6.07) is 12.5. The van der Waals surface area contributed by atoms with Gasteiger partial charge in [-0.2, -0.15) is 0 Å². The van der Waals surface area contributed by atoms with Crippen LogP contribution in [0.25, 0.3) is 0 Å². The second-order valence-electron chi connectivity index (χ2n) is 7.00. The topological polar surface area (TPSA) is 17.1 Å². The summed E-state index contributed by atoms with van der Waals surface area (Å²) >= 11 is 0. The third-order valence-electron chi connectivity index (χ3n) is 4.02. The third kappa shape index (κ3) is 4.81. The maximum Gasteiger partial charge on any atom is 0.186 e. The molecular formula is C20H25LiOP. The van der Waals surface area contributed by atoms with Gasteiger partial charge in [-0.05, 0) is 62.3 Å². The van der Waals surface area contributed by atoms with Gasteiger partial charge in [0.2, 0.25) is 0 Å². The van der Waals surface area contributed by atoms with Crippen molar-refractivity contribution in [1.29, 1.82) is 0 Å². The Balaban J connectivity index is 0.00000264. The Morgan fingerprint density at radius 1 is 0.913 bits per heavy atom. The molecule has 0 amide bonds. The molecule has 1 nitrogen and oxygen atoms in total. The molecule has 0 bridgehead atoms. The number of hydrogen-bond acceptors (Lipinski definition) is 1. The summed E-state index contributed by atoms with van der Waals surface area (Å²) in [6.45, 7) is 12.8. The van der Waals surface area contributed by atoms with Gasteiger partial charge in [0, 0.05) is 24.4 Å². The average Bonchev–Trinajstić information content (AvgIpc) is 2.39. The van der Waals surface area contributed by atoms with Gasteiger partial charge in [0.05, 0.1) is 0 Å². The van der Waals surface area contributed by atoms with Crippen LogP contribution in [-0.4, -0.2) is 24.4 Å². The van der Waals surface area contributed by atoms with Crippen LogP contribution in [0.3, 0.4) is 0 Å². The first-order valence-electron chi connectivity index (χ1n) is 7.69. The van der Waals surface area contributed by atoms with Gasteiger partial charge in [-0.25, -0.2) is 0 Å². The molecule has 0 fully saturated rings. The quantitative estimate of drug-likeness (QED) is 0.593. The Morgan fingerprint density at radius 3 is 1.91 bits per heavy atom. The zero-order chi connectivity index (χ0) is 16.5. The molecule has 117 valence electrons. The van der Waals surface area contributed by atoms with Crippen LogP contribution >= 0.6 is 8.58 Å². The molecule has 0 aliphatic heterocycles. The van der Waals surface area contributed by atoms with Crippen LogP contribution in [0, 0.1) is 20.8 Å². The zero-order valence-electron chi connectivity index (χ0n) is 15.4. The van der Waals surface area contributed by atoms with Crippen LogP contribution in [0.2, 0.25) is 0 Å². The van der Waals surface area contributed by atoms with Crippen molar-refractivity contribution < 1.29 is 4.79 Å². The Bertz CT molecular complexity index is 691. The fourth-order valence-electron chi connectivity index (χ4n) is 2.65. The molecule has 0 aromatic heterocycles. The summed E-state index contributed by atoms with van der Waals surface area (Å²) < 4.78 is 0. The van der Waals surface area contributed by atoms with Gasteiger partial charge >= 0.3 is 0 Å². The normalized spacial score (nSPS) is 11.6. The van der Waals surface area contributed by atoms with E-state index in [0.29, 0.717) is 0 Å². The van der Waals surface area contributed by atoms with E-state index >= 15 is 0 Å². The number of benzene rings is 2. The predicted octanol–water partition coefficient (Wildman–Crippen LogP) is 4.67. The maximum atomic E-state index is 12.8. The van der Waals surface area contributed by atoms with Crippen molar-refractivity contribution >= 4 is 38.3 Å². The molecular weight excluding hydrogens is 294 g/mol. The summed E-state index contributed by atoms with van der Waals surface area (Å²) in [7, 11) is 0.192.